The van der Waals surface area contributed by atoms with Gasteiger partial charge in [-0.1, -0.05) is 18.2 Å². The second-order valence-corrected chi connectivity index (χ2v) is 3.05. The number of anilines is 1. The minimum atomic E-state index is 0. The zero-order valence-electron chi connectivity index (χ0n) is 7.27. The van der Waals surface area contributed by atoms with E-state index in [1.54, 1.807) is 0 Å². The lowest BCUT2D eigenvalue weighted by Crippen LogP contribution is -2.19. The van der Waals surface area contributed by atoms with Gasteiger partial charge in [-0.3, -0.25) is 4.79 Å². The monoisotopic (exact) mass is 197 g/mol. The largest absolute Gasteiger partial charge is 0.364 e. The Morgan fingerprint density at radius 3 is 2.38 bits per heavy atom. The van der Waals surface area contributed by atoms with Gasteiger partial charge in [0.15, 0.2) is 5.78 Å². The molecule has 3 heteroatoms. The molecule has 0 radical (unpaired) electrons. The van der Waals surface area contributed by atoms with Gasteiger partial charge in [0.1, 0.15) is 0 Å². The quantitative estimate of drug-likeness (QED) is 0.686. The Kier molecular flexibility index (Phi) is 3.32. The highest BCUT2D eigenvalue weighted by Crippen LogP contribution is 2.17. The van der Waals surface area contributed by atoms with Gasteiger partial charge in [-0.25, -0.2) is 0 Å². The van der Waals surface area contributed by atoms with Crippen LogP contribution in [0.4, 0.5) is 5.69 Å². The fourth-order valence-corrected chi connectivity index (χ4v) is 1.49. The smallest absolute Gasteiger partial charge is 0.153 e. The summed E-state index contributed by atoms with van der Waals surface area (Å²) in [5.74, 6) is 0.346. The molecular formula is C10H12ClNO. The number of para-hydroxylation sites is 1. The van der Waals surface area contributed by atoms with E-state index in [1.165, 1.54) is 0 Å². The van der Waals surface area contributed by atoms with Gasteiger partial charge in [0, 0.05) is 18.7 Å². The van der Waals surface area contributed by atoms with E-state index in [-0.39, 0.29) is 12.4 Å². The Hall–Kier alpha value is -1.02. The van der Waals surface area contributed by atoms with E-state index < -0.39 is 0 Å². The molecule has 0 atom stereocenters. The minimum Gasteiger partial charge on any atom is -0.364 e. The molecule has 0 spiro atoms. The first-order valence-electron chi connectivity index (χ1n) is 4.18. The lowest BCUT2D eigenvalue weighted by atomic mass is 10.3. The van der Waals surface area contributed by atoms with E-state index in [1.807, 2.05) is 30.3 Å². The Balaban J connectivity index is 0.000000845. The average molecular weight is 198 g/mol. The average Bonchev–Trinajstić information content (AvgIpc) is 2.54. The van der Waals surface area contributed by atoms with Crippen molar-refractivity contribution in [2.45, 2.75) is 6.42 Å². The van der Waals surface area contributed by atoms with Crippen molar-refractivity contribution in [1.82, 2.24) is 0 Å². The van der Waals surface area contributed by atoms with Crippen LogP contribution in [-0.4, -0.2) is 18.9 Å². The van der Waals surface area contributed by atoms with Crippen molar-refractivity contribution in [3.63, 3.8) is 0 Å². The third kappa shape index (κ3) is 2.22. The van der Waals surface area contributed by atoms with E-state index in [0.717, 1.165) is 12.2 Å². The molecule has 0 saturated carbocycles. The molecule has 0 N–H and O–H groups in total. The fraction of sp³-hybridized carbons (Fsp3) is 0.300. The van der Waals surface area contributed by atoms with Crippen molar-refractivity contribution in [2.75, 3.05) is 18.0 Å². The second-order valence-electron chi connectivity index (χ2n) is 3.05. The number of ketones is 1. The predicted octanol–water partition coefficient (Wildman–Crippen LogP) is 1.89. The van der Waals surface area contributed by atoms with Gasteiger partial charge in [-0.2, -0.15) is 0 Å². The number of nitrogens with zero attached hydrogens (tertiary/aromatic N) is 1. The van der Waals surface area contributed by atoms with Crippen LogP contribution in [0.3, 0.4) is 0 Å². The van der Waals surface area contributed by atoms with Crippen LogP contribution in [0.15, 0.2) is 30.3 Å². The third-order valence-electron chi connectivity index (χ3n) is 2.15. The maximum Gasteiger partial charge on any atom is 0.153 e. The molecular weight excluding hydrogens is 186 g/mol. The highest BCUT2D eigenvalue weighted by Gasteiger charge is 2.18. The van der Waals surface area contributed by atoms with E-state index in [9.17, 15) is 4.79 Å². The molecule has 0 bridgehead atoms. The van der Waals surface area contributed by atoms with Gasteiger partial charge >= 0.3 is 0 Å². The molecule has 0 unspecified atom stereocenters. The molecule has 70 valence electrons. The van der Waals surface area contributed by atoms with Crippen molar-refractivity contribution in [2.24, 2.45) is 0 Å². The fourth-order valence-electron chi connectivity index (χ4n) is 1.49. The molecule has 13 heavy (non-hydrogen) atoms. The Morgan fingerprint density at radius 1 is 1.15 bits per heavy atom. The maximum atomic E-state index is 11.0. The van der Waals surface area contributed by atoms with Crippen LogP contribution in [0.25, 0.3) is 0 Å². The Bertz CT molecular complexity index is 286. The lowest BCUT2D eigenvalue weighted by Gasteiger charge is -2.15. The SMILES string of the molecule is Cl.O=C1CCN(c2ccccc2)C1. The molecule has 1 aliphatic heterocycles. The van der Waals surface area contributed by atoms with Crippen LogP contribution in [0.1, 0.15) is 6.42 Å². The number of halogens is 1. The highest BCUT2D eigenvalue weighted by molar-refractivity contribution is 5.87. The lowest BCUT2D eigenvalue weighted by molar-refractivity contribution is -0.116. The van der Waals surface area contributed by atoms with Crippen LogP contribution < -0.4 is 4.90 Å². The molecule has 2 rings (SSSR count). The molecule has 1 aromatic rings. The predicted molar refractivity (Wildman–Crippen MR) is 55.5 cm³/mol. The number of rotatable bonds is 1. The zero-order valence-corrected chi connectivity index (χ0v) is 8.09. The summed E-state index contributed by atoms with van der Waals surface area (Å²) >= 11 is 0. The standard InChI is InChI=1S/C10H11NO.ClH/c12-10-6-7-11(8-10)9-4-2-1-3-5-9;/h1-5H,6-8H2;1H. The molecule has 0 amide bonds. The normalized spacial score (nSPS) is 15.7. The van der Waals surface area contributed by atoms with Crippen molar-refractivity contribution in [1.29, 1.82) is 0 Å². The summed E-state index contributed by atoms with van der Waals surface area (Å²) in [6, 6.07) is 10.1. The van der Waals surface area contributed by atoms with Crippen LogP contribution in [-0.2, 0) is 4.79 Å². The Morgan fingerprint density at radius 2 is 1.85 bits per heavy atom. The van der Waals surface area contributed by atoms with Gasteiger partial charge in [0.25, 0.3) is 0 Å². The number of hydrogen-bond acceptors (Lipinski definition) is 2. The molecule has 1 heterocycles. The molecule has 2 nitrogen and oxygen atoms in total. The topological polar surface area (TPSA) is 20.3 Å². The summed E-state index contributed by atoms with van der Waals surface area (Å²) in [6.07, 6.45) is 0.703. The van der Waals surface area contributed by atoms with Gasteiger partial charge < -0.3 is 4.90 Å². The van der Waals surface area contributed by atoms with Crippen LogP contribution in [0.5, 0.6) is 0 Å². The van der Waals surface area contributed by atoms with E-state index in [0.29, 0.717) is 18.7 Å². The number of carbonyl (C=O) groups is 1. The summed E-state index contributed by atoms with van der Waals surface area (Å²) in [4.78, 5) is 13.1. The zero-order chi connectivity index (χ0) is 8.39. The van der Waals surface area contributed by atoms with Crippen molar-refractivity contribution < 1.29 is 4.79 Å². The number of benzene rings is 1. The molecule has 1 saturated heterocycles. The van der Waals surface area contributed by atoms with Gasteiger partial charge in [0.2, 0.25) is 0 Å². The number of hydrogen-bond donors (Lipinski definition) is 0. The van der Waals surface area contributed by atoms with Crippen molar-refractivity contribution in [3.05, 3.63) is 30.3 Å². The van der Waals surface area contributed by atoms with E-state index >= 15 is 0 Å². The summed E-state index contributed by atoms with van der Waals surface area (Å²) in [6.45, 7) is 1.47. The van der Waals surface area contributed by atoms with E-state index in [4.69, 9.17) is 0 Å². The summed E-state index contributed by atoms with van der Waals surface area (Å²) in [5.41, 5.74) is 1.16. The molecule has 0 aromatic heterocycles. The van der Waals surface area contributed by atoms with Crippen LogP contribution >= 0.6 is 12.4 Å². The van der Waals surface area contributed by atoms with Crippen LogP contribution in [0.2, 0.25) is 0 Å². The van der Waals surface area contributed by atoms with Gasteiger partial charge in [-0.05, 0) is 12.1 Å². The van der Waals surface area contributed by atoms with Gasteiger partial charge in [-0.15, -0.1) is 12.4 Å². The molecule has 1 aromatic carbocycles. The number of Topliss-reactive ketones (excluding diaryl/α,β-unsaturated/α-hetero) is 1. The first-order chi connectivity index (χ1) is 5.86. The van der Waals surface area contributed by atoms with E-state index in [2.05, 4.69) is 4.90 Å². The van der Waals surface area contributed by atoms with Gasteiger partial charge in [0.05, 0.1) is 6.54 Å². The third-order valence-corrected chi connectivity index (χ3v) is 2.15. The van der Waals surface area contributed by atoms with Crippen LogP contribution in [0, 0.1) is 0 Å². The highest BCUT2D eigenvalue weighted by atomic mass is 35.5. The van der Waals surface area contributed by atoms with Crippen molar-refractivity contribution >= 4 is 23.9 Å². The molecule has 1 fully saturated rings. The number of carbonyl (C=O) groups excluding carboxylic acids is 1. The summed E-state index contributed by atoms with van der Waals surface area (Å²) in [5, 5.41) is 0. The minimum absolute atomic E-state index is 0. The maximum absolute atomic E-state index is 11.0. The summed E-state index contributed by atoms with van der Waals surface area (Å²) in [7, 11) is 0. The summed E-state index contributed by atoms with van der Waals surface area (Å²) < 4.78 is 0. The Labute approximate surface area is 84.0 Å². The van der Waals surface area contributed by atoms with Crippen molar-refractivity contribution in [3.8, 4) is 0 Å². The molecule has 1 aliphatic rings. The first-order valence-corrected chi connectivity index (χ1v) is 4.18. The first kappa shape index (κ1) is 10.1. The second kappa shape index (κ2) is 4.28. The molecule has 0 aliphatic carbocycles.